The Bertz CT molecular complexity index is 701. The van der Waals surface area contributed by atoms with E-state index in [2.05, 4.69) is 105 Å². The fourth-order valence-corrected chi connectivity index (χ4v) is 3.27. The third-order valence-electron chi connectivity index (χ3n) is 5.34. The van der Waals surface area contributed by atoms with Crippen LogP contribution in [0.5, 0.6) is 0 Å². The molecule has 0 aliphatic heterocycles. The van der Waals surface area contributed by atoms with Crippen LogP contribution < -0.4 is 0 Å². The lowest BCUT2D eigenvalue weighted by Gasteiger charge is -2.32. The molecule has 0 aliphatic rings. The molecule has 0 N–H and O–H groups in total. The molecule has 0 atom stereocenters. The van der Waals surface area contributed by atoms with E-state index in [-0.39, 0.29) is 16.2 Å². The minimum absolute atomic E-state index is 0.105. The third kappa shape index (κ3) is 4.75. The molecular formula is C25H36. The van der Waals surface area contributed by atoms with Gasteiger partial charge < -0.3 is 0 Å². The van der Waals surface area contributed by atoms with E-state index in [4.69, 9.17) is 0 Å². The Morgan fingerprint density at radius 2 is 1.08 bits per heavy atom. The van der Waals surface area contributed by atoms with Crippen LogP contribution in [-0.2, 0) is 22.7 Å². The molecule has 0 spiro atoms. The summed E-state index contributed by atoms with van der Waals surface area (Å²) in [6.07, 6.45) is 1.07. The molecule has 2 aromatic carbocycles. The van der Waals surface area contributed by atoms with Gasteiger partial charge in [-0.1, -0.05) is 97.9 Å². The van der Waals surface area contributed by atoms with Gasteiger partial charge in [-0.05, 0) is 57.4 Å². The molecule has 0 unspecified atom stereocenters. The van der Waals surface area contributed by atoms with Crippen LogP contribution in [0.15, 0.2) is 42.5 Å². The second-order valence-electron chi connectivity index (χ2n) is 10.3. The van der Waals surface area contributed by atoms with E-state index in [0.29, 0.717) is 0 Å². The molecule has 0 heterocycles. The first kappa shape index (κ1) is 19.8. The van der Waals surface area contributed by atoms with Crippen LogP contribution in [0.1, 0.15) is 83.2 Å². The molecule has 0 aliphatic carbocycles. The molecule has 0 amide bonds. The van der Waals surface area contributed by atoms with E-state index >= 15 is 0 Å². The fourth-order valence-electron chi connectivity index (χ4n) is 3.27. The summed E-state index contributed by atoms with van der Waals surface area (Å²) >= 11 is 0. The van der Waals surface area contributed by atoms with Crippen molar-refractivity contribution in [3.05, 3.63) is 70.3 Å². The lowest BCUT2D eigenvalue weighted by atomic mass is 9.73. The summed E-state index contributed by atoms with van der Waals surface area (Å²) in [5, 5.41) is 0. The van der Waals surface area contributed by atoms with Gasteiger partial charge in [0.25, 0.3) is 0 Å². The fraction of sp³-hybridized carbons (Fsp3) is 0.520. The highest BCUT2D eigenvalue weighted by Crippen LogP contribution is 2.36. The van der Waals surface area contributed by atoms with Gasteiger partial charge >= 0.3 is 0 Å². The third-order valence-corrected chi connectivity index (χ3v) is 5.34. The van der Waals surface area contributed by atoms with Crippen molar-refractivity contribution < 1.29 is 0 Å². The molecule has 136 valence electrons. The van der Waals surface area contributed by atoms with Gasteiger partial charge in [-0.25, -0.2) is 0 Å². The zero-order valence-corrected chi connectivity index (χ0v) is 17.7. The summed E-state index contributed by atoms with van der Waals surface area (Å²) in [7, 11) is 0. The summed E-state index contributed by atoms with van der Waals surface area (Å²) < 4.78 is 0. The second-order valence-corrected chi connectivity index (χ2v) is 10.3. The molecule has 0 aromatic heterocycles. The van der Waals surface area contributed by atoms with Gasteiger partial charge in [0.2, 0.25) is 0 Å². The average Bonchev–Trinajstić information content (AvgIpc) is 2.47. The quantitative estimate of drug-likeness (QED) is 0.560. The first-order chi connectivity index (χ1) is 11.3. The van der Waals surface area contributed by atoms with Gasteiger partial charge in [-0.15, -0.1) is 0 Å². The van der Waals surface area contributed by atoms with Crippen molar-refractivity contribution in [2.45, 2.75) is 85.0 Å². The van der Waals surface area contributed by atoms with Crippen LogP contribution in [-0.4, -0.2) is 0 Å². The monoisotopic (exact) mass is 336 g/mol. The van der Waals surface area contributed by atoms with Gasteiger partial charge in [0, 0.05) is 0 Å². The Morgan fingerprint density at radius 1 is 0.640 bits per heavy atom. The maximum absolute atomic E-state index is 2.44. The predicted octanol–water partition coefficient (Wildman–Crippen LogP) is 7.11. The molecule has 0 heteroatoms. The minimum atomic E-state index is 0.105. The Balaban J connectivity index is 2.54. The highest BCUT2D eigenvalue weighted by Gasteiger charge is 2.27. The van der Waals surface area contributed by atoms with Gasteiger partial charge in [0.1, 0.15) is 0 Å². The van der Waals surface area contributed by atoms with Crippen molar-refractivity contribution in [1.29, 1.82) is 0 Å². The molecule has 0 radical (unpaired) electrons. The van der Waals surface area contributed by atoms with Gasteiger partial charge in [0.15, 0.2) is 0 Å². The lowest BCUT2D eigenvalue weighted by molar-refractivity contribution is 0.509. The lowest BCUT2D eigenvalue weighted by Crippen LogP contribution is -2.24. The smallest absolute Gasteiger partial charge is 0.00629 e. The second kappa shape index (κ2) is 6.63. The number of hydrogen-bond acceptors (Lipinski definition) is 0. The zero-order valence-electron chi connectivity index (χ0n) is 17.7. The minimum Gasteiger partial charge on any atom is -0.0620 e. The summed E-state index contributed by atoms with van der Waals surface area (Å²) in [5.74, 6) is 0. The van der Waals surface area contributed by atoms with Crippen molar-refractivity contribution in [3.8, 4) is 0 Å². The van der Waals surface area contributed by atoms with Crippen molar-refractivity contribution >= 4 is 0 Å². The summed E-state index contributed by atoms with van der Waals surface area (Å²) in [6, 6.07) is 16.1. The standard InChI is InChI=1S/C25H36/c1-18-12-10-11-13-19(18)17-25(8,9)22-15-20(23(2,3)4)14-21(16-22)24(5,6)7/h10-16H,17H2,1-9H3. The van der Waals surface area contributed by atoms with Crippen LogP contribution in [0.3, 0.4) is 0 Å². The first-order valence-corrected chi connectivity index (χ1v) is 9.52. The predicted molar refractivity (Wildman–Crippen MR) is 112 cm³/mol. The van der Waals surface area contributed by atoms with Crippen LogP contribution >= 0.6 is 0 Å². The largest absolute Gasteiger partial charge is 0.0620 e. The van der Waals surface area contributed by atoms with E-state index in [0.717, 1.165) is 6.42 Å². The maximum Gasteiger partial charge on any atom is -0.00629 e. The van der Waals surface area contributed by atoms with Crippen molar-refractivity contribution in [2.24, 2.45) is 0 Å². The van der Waals surface area contributed by atoms with E-state index in [1.165, 1.54) is 27.8 Å². The van der Waals surface area contributed by atoms with E-state index in [9.17, 15) is 0 Å². The highest BCUT2D eigenvalue weighted by atomic mass is 14.3. The molecule has 0 saturated carbocycles. The SMILES string of the molecule is Cc1ccccc1CC(C)(C)c1cc(C(C)(C)C)cc(C(C)(C)C)c1. The van der Waals surface area contributed by atoms with E-state index in [1.54, 1.807) is 0 Å². The van der Waals surface area contributed by atoms with Crippen molar-refractivity contribution in [3.63, 3.8) is 0 Å². The van der Waals surface area contributed by atoms with Crippen LogP contribution in [0.4, 0.5) is 0 Å². The Labute approximate surface area is 155 Å². The van der Waals surface area contributed by atoms with Crippen molar-refractivity contribution in [1.82, 2.24) is 0 Å². The van der Waals surface area contributed by atoms with Gasteiger partial charge in [0.05, 0.1) is 0 Å². The molecular weight excluding hydrogens is 300 g/mol. The normalized spacial score (nSPS) is 13.2. The molecule has 2 rings (SSSR count). The Hall–Kier alpha value is -1.56. The first-order valence-electron chi connectivity index (χ1n) is 9.52. The van der Waals surface area contributed by atoms with E-state index < -0.39 is 0 Å². The molecule has 0 fully saturated rings. The average molecular weight is 337 g/mol. The van der Waals surface area contributed by atoms with Crippen molar-refractivity contribution in [2.75, 3.05) is 0 Å². The van der Waals surface area contributed by atoms with E-state index in [1.807, 2.05) is 0 Å². The van der Waals surface area contributed by atoms with Gasteiger partial charge in [-0.3, -0.25) is 0 Å². The topological polar surface area (TPSA) is 0 Å². The van der Waals surface area contributed by atoms with Crippen LogP contribution in [0.25, 0.3) is 0 Å². The summed E-state index contributed by atoms with van der Waals surface area (Å²) in [4.78, 5) is 0. The highest BCUT2D eigenvalue weighted by molar-refractivity contribution is 5.41. The zero-order chi connectivity index (χ0) is 19.0. The summed E-state index contributed by atoms with van der Waals surface area (Å²) in [6.45, 7) is 20.9. The molecule has 0 bridgehead atoms. The summed E-state index contributed by atoms with van der Waals surface area (Å²) in [5.41, 5.74) is 7.59. The maximum atomic E-state index is 2.44. The number of benzene rings is 2. The number of rotatable bonds is 3. The molecule has 25 heavy (non-hydrogen) atoms. The van der Waals surface area contributed by atoms with Crippen LogP contribution in [0, 0.1) is 6.92 Å². The number of aryl methyl sites for hydroxylation is 1. The van der Waals surface area contributed by atoms with Gasteiger partial charge in [-0.2, -0.15) is 0 Å². The molecule has 0 saturated heterocycles. The Kier molecular flexibility index (Phi) is 5.24. The van der Waals surface area contributed by atoms with Crippen LogP contribution in [0.2, 0.25) is 0 Å². The number of hydrogen-bond donors (Lipinski definition) is 0. The molecule has 0 nitrogen and oxygen atoms in total. The molecule has 2 aromatic rings. The Morgan fingerprint density at radius 3 is 1.52 bits per heavy atom.